The molecule has 0 unspecified atom stereocenters. The number of allylic oxidation sites excluding steroid dienone is 4. The number of benzene rings is 1. The fourth-order valence-electron chi connectivity index (χ4n) is 3.62. The molecular weight excluding hydrogens is 322 g/mol. The van der Waals surface area contributed by atoms with Gasteiger partial charge in [-0.3, -0.25) is 4.79 Å². The van der Waals surface area contributed by atoms with Gasteiger partial charge in [0.2, 0.25) is 0 Å². The molecule has 2 N–H and O–H groups in total. The van der Waals surface area contributed by atoms with Crippen LogP contribution in [0.3, 0.4) is 0 Å². The fraction of sp³-hybridized carbons (Fsp3) is 0.273. The third-order valence-electron chi connectivity index (χ3n) is 5.02. The predicted molar refractivity (Wildman–Crippen MR) is 106 cm³/mol. The van der Waals surface area contributed by atoms with Crippen LogP contribution in [-0.2, 0) is 0 Å². The molecule has 1 aromatic rings. The first-order valence-electron chi connectivity index (χ1n) is 9.14. The van der Waals surface area contributed by atoms with Crippen molar-refractivity contribution in [1.29, 1.82) is 0 Å². The lowest BCUT2D eigenvalue weighted by atomic mass is 10.0. The van der Waals surface area contributed by atoms with E-state index in [4.69, 9.17) is 0 Å². The maximum atomic E-state index is 12.4. The molecule has 130 valence electrons. The number of nitrogens with one attached hydrogen (secondary N) is 2. The maximum absolute atomic E-state index is 12.4. The summed E-state index contributed by atoms with van der Waals surface area (Å²) in [6.45, 7) is 2.00. The Hall–Kier alpha value is -3.06. The molecule has 1 amide bonds. The van der Waals surface area contributed by atoms with Crippen LogP contribution >= 0.6 is 0 Å². The summed E-state index contributed by atoms with van der Waals surface area (Å²) in [6, 6.07) is 7.95. The summed E-state index contributed by atoms with van der Waals surface area (Å²) in [5.41, 5.74) is 8.90. The Kier molecular flexibility index (Phi) is 4.45. The molecule has 4 nitrogen and oxygen atoms in total. The number of fused-ring (bicyclic) bond motifs is 1. The highest BCUT2D eigenvalue weighted by atomic mass is 16.1. The molecule has 1 saturated carbocycles. The highest BCUT2D eigenvalue weighted by Crippen LogP contribution is 2.23. The molecule has 1 fully saturated rings. The summed E-state index contributed by atoms with van der Waals surface area (Å²) < 4.78 is 4.41. The first-order chi connectivity index (χ1) is 12.7. The molecule has 1 aromatic carbocycles. The Morgan fingerprint density at radius 2 is 1.96 bits per heavy atom. The van der Waals surface area contributed by atoms with E-state index in [1.54, 1.807) is 0 Å². The van der Waals surface area contributed by atoms with Crippen LogP contribution in [-0.4, -0.2) is 23.9 Å². The summed E-state index contributed by atoms with van der Waals surface area (Å²) in [7, 11) is 0. The first-order valence-corrected chi connectivity index (χ1v) is 9.14. The second kappa shape index (κ2) is 7.05. The van der Waals surface area contributed by atoms with Crippen LogP contribution in [0.1, 0.15) is 43.0 Å². The van der Waals surface area contributed by atoms with Gasteiger partial charge in [0.05, 0.1) is 16.8 Å². The molecule has 0 atom stereocenters. The van der Waals surface area contributed by atoms with Gasteiger partial charge in [0.25, 0.3) is 5.91 Å². The summed E-state index contributed by atoms with van der Waals surface area (Å²) in [4.78, 5) is 12.4. The van der Waals surface area contributed by atoms with Crippen molar-refractivity contribution in [3.05, 3.63) is 70.6 Å². The average Bonchev–Trinajstić information content (AvgIpc) is 3.23. The second-order valence-electron chi connectivity index (χ2n) is 6.89. The predicted octanol–water partition coefficient (Wildman–Crippen LogP) is 3.29. The summed E-state index contributed by atoms with van der Waals surface area (Å²) in [5.74, 6) is 0.0152. The highest BCUT2D eigenvalue weighted by Gasteiger charge is 2.26. The summed E-state index contributed by atoms with van der Waals surface area (Å²) in [5, 5.41) is 6.55. The number of hydrogen-bond acceptors (Lipinski definition) is 2. The van der Waals surface area contributed by atoms with Crippen molar-refractivity contribution in [3.63, 3.8) is 0 Å². The number of carbonyl (C=O) groups excluding carboxylic acids is 1. The molecule has 3 aliphatic rings. The molecule has 0 spiro atoms. The van der Waals surface area contributed by atoms with Crippen molar-refractivity contribution in [2.75, 3.05) is 5.32 Å². The van der Waals surface area contributed by atoms with E-state index in [2.05, 4.69) is 21.0 Å². The van der Waals surface area contributed by atoms with Gasteiger partial charge >= 0.3 is 11.9 Å². The van der Waals surface area contributed by atoms with Gasteiger partial charge in [-0.05, 0) is 49.3 Å². The van der Waals surface area contributed by atoms with Gasteiger partial charge in [0.15, 0.2) is 0 Å². The zero-order chi connectivity index (χ0) is 17.9. The number of rotatable bonds is 4. The third kappa shape index (κ3) is 3.34. The van der Waals surface area contributed by atoms with E-state index in [-0.39, 0.29) is 5.91 Å². The Morgan fingerprint density at radius 1 is 1.19 bits per heavy atom. The largest absolute Gasteiger partial charge is 0.354 e. The molecule has 1 heterocycles. The molecule has 26 heavy (non-hydrogen) atoms. The van der Waals surface area contributed by atoms with E-state index in [0.717, 1.165) is 41.1 Å². The summed E-state index contributed by atoms with van der Waals surface area (Å²) >= 11 is 0. The minimum Gasteiger partial charge on any atom is -0.354 e. The van der Waals surface area contributed by atoms with Crippen LogP contribution in [0.4, 0.5) is 5.69 Å². The molecule has 1 aliphatic heterocycles. The molecule has 0 bridgehead atoms. The lowest BCUT2D eigenvalue weighted by molar-refractivity contribution is 0.0938. The number of carbonyl (C=O) groups is 1. The Morgan fingerprint density at radius 3 is 2.73 bits per heavy atom. The fourth-order valence-corrected chi connectivity index (χ4v) is 3.62. The summed E-state index contributed by atoms with van der Waals surface area (Å²) in [6.07, 6.45) is 12.3. The maximum Gasteiger partial charge on any atom is 0.310 e. The van der Waals surface area contributed by atoms with Crippen LogP contribution in [0, 0.1) is 0 Å². The van der Waals surface area contributed by atoms with E-state index < -0.39 is 0 Å². The quantitative estimate of drug-likeness (QED) is 0.650. The zero-order valence-electron chi connectivity index (χ0n) is 14.9. The van der Waals surface area contributed by atoms with Crippen LogP contribution in [0.15, 0.2) is 65.1 Å². The number of hydrogen-bond donors (Lipinski definition) is 2. The number of amides is 1. The molecule has 0 radical (unpaired) electrons. The van der Waals surface area contributed by atoms with Gasteiger partial charge in [-0.25, -0.2) is 0 Å². The highest BCUT2D eigenvalue weighted by molar-refractivity contribution is 6.15. The van der Waals surface area contributed by atoms with Crippen LogP contribution in [0.5, 0.6) is 0 Å². The minimum atomic E-state index is 0.0152. The molecule has 4 heteroatoms. The normalized spacial score (nSPS) is 18.5. The van der Waals surface area contributed by atoms with Crippen molar-refractivity contribution in [1.82, 2.24) is 9.98 Å². The second-order valence-corrected chi connectivity index (χ2v) is 6.89. The molecule has 0 saturated heterocycles. The lowest BCUT2D eigenvalue weighted by Gasteiger charge is -2.13. The van der Waals surface area contributed by atoms with Crippen molar-refractivity contribution in [3.8, 4) is 0 Å². The van der Waals surface area contributed by atoms with E-state index in [9.17, 15) is 4.79 Å². The number of nitrogens with zero attached hydrogens (tertiary/aromatic N) is 1. The van der Waals surface area contributed by atoms with Crippen LogP contribution in [0.25, 0.3) is 0 Å². The van der Waals surface area contributed by atoms with E-state index in [0.29, 0.717) is 11.6 Å². The molecule has 0 aromatic heterocycles. The Labute approximate surface area is 153 Å². The van der Waals surface area contributed by atoms with Crippen LogP contribution < -0.4 is 15.3 Å². The molecular formula is C22H22N3O+. The topological polar surface area (TPSA) is 55.2 Å². The average molecular weight is 344 g/mol. The number of anilines is 1. The van der Waals surface area contributed by atoms with Gasteiger partial charge in [-0.15, -0.1) is 5.73 Å². The zero-order valence-corrected chi connectivity index (χ0v) is 14.9. The van der Waals surface area contributed by atoms with Gasteiger partial charge in [-0.1, -0.05) is 17.5 Å². The molecule has 4 rings (SSSR count). The van der Waals surface area contributed by atoms with Gasteiger partial charge < -0.3 is 10.6 Å². The monoisotopic (exact) mass is 344 g/mol. The lowest BCUT2D eigenvalue weighted by Crippen LogP contribution is -2.32. The standard InChI is InChI=1S/C22H21N3O/c1-15-21-17(14-23-15)6-2-5-9-20(21)24-19-12-10-16(11-13-19)22(26)25-18-7-3-4-8-18/h2,6,9-14,18H,3-4,7-8H2,1H3,(H,25,26)/p+1. The smallest absolute Gasteiger partial charge is 0.310 e. The van der Waals surface area contributed by atoms with Crippen LogP contribution in [0.2, 0.25) is 0 Å². The Bertz CT molecular complexity index is 928. The molecule has 2 aliphatic carbocycles. The first kappa shape index (κ1) is 16.4. The van der Waals surface area contributed by atoms with Crippen molar-refractivity contribution in [2.45, 2.75) is 38.6 Å². The minimum absolute atomic E-state index is 0.0152. The van der Waals surface area contributed by atoms with Crippen molar-refractivity contribution < 1.29 is 4.79 Å². The van der Waals surface area contributed by atoms with Gasteiger partial charge in [0, 0.05) is 30.3 Å². The Balaban J connectivity index is 1.50. The van der Waals surface area contributed by atoms with Crippen molar-refractivity contribution in [2.24, 2.45) is 0 Å². The van der Waals surface area contributed by atoms with Crippen molar-refractivity contribution >= 4 is 23.5 Å². The van der Waals surface area contributed by atoms with E-state index in [1.165, 1.54) is 12.8 Å². The van der Waals surface area contributed by atoms with E-state index in [1.807, 2.05) is 55.6 Å². The van der Waals surface area contributed by atoms with Gasteiger partial charge in [-0.2, -0.15) is 0 Å². The van der Waals surface area contributed by atoms with E-state index >= 15 is 0 Å². The SMILES string of the molecule is CC1=[N+]=CC2=CC=C=CC(Nc3ccc(C(=O)NC4CCCC4)cc3)=C21. The third-order valence-corrected chi connectivity index (χ3v) is 5.02. The van der Waals surface area contributed by atoms with Gasteiger partial charge in [0.1, 0.15) is 0 Å².